The van der Waals surface area contributed by atoms with Gasteiger partial charge in [-0.3, -0.25) is 4.79 Å². The SMILES string of the molecule is O=C(Cn1nc2c3sc(N4CCCCCC4)nc3ncn2c1=O)Nc1ccccc1. The van der Waals surface area contributed by atoms with Crippen LogP contribution in [0.25, 0.3) is 16.0 Å². The summed E-state index contributed by atoms with van der Waals surface area (Å²) in [6.45, 7) is 1.79. The van der Waals surface area contributed by atoms with Crippen LogP contribution in [-0.4, -0.2) is 43.1 Å². The molecule has 3 aromatic heterocycles. The van der Waals surface area contributed by atoms with Crippen LogP contribution in [0.3, 0.4) is 0 Å². The fourth-order valence-electron chi connectivity index (χ4n) is 3.68. The van der Waals surface area contributed by atoms with Crippen molar-refractivity contribution in [2.45, 2.75) is 32.2 Å². The first-order valence-electron chi connectivity index (χ1n) is 10.0. The Labute approximate surface area is 176 Å². The molecule has 9 nitrogen and oxygen atoms in total. The summed E-state index contributed by atoms with van der Waals surface area (Å²) in [7, 11) is 0. The van der Waals surface area contributed by atoms with Crippen molar-refractivity contribution in [1.29, 1.82) is 0 Å². The molecule has 10 heteroatoms. The maximum absolute atomic E-state index is 12.7. The fraction of sp³-hybridized carbons (Fsp3) is 0.350. The van der Waals surface area contributed by atoms with E-state index in [1.54, 1.807) is 12.1 Å². The molecular formula is C20H21N7O2S. The number of amides is 1. The van der Waals surface area contributed by atoms with Crippen LogP contribution in [0.5, 0.6) is 0 Å². The highest BCUT2D eigenvalue weighted by molar-refractivity contribution is 7.22. The lowest BCUT2D eigenvalue weighted by Gasteiger charge is -2.18. The Hall–Kier alpha value is -3.27. The molecular weight excluding hydrogens is 402 g/mol. The number of hydrogen-bond donors (Lipinski definition) is 1. The number of nitrogens with one attached hydrogen (secondary N) is 1. The number of aromatic nitrogens is 5. The van der Waals surface area contributed by atoms with Crippen molar-refractivity contribution in [3.63, 3.8) is 0 Å². The standard InChI is InChI=1S/C20H21N7O2S/c28-15(22-14-8-4-3-5-9-14)12-27-20(29)26-13-21-17-16(18(26)24-27)30-19(23-17)25-10-6-1-2-7-11-25/h3-5,8-9,13H,1-2,6-7,10-12H2,(H,22,28). The molecule has 30 heavy (non-hydrogen) atoms. The van der Waals surface area contributed by atoms with Crippen molar-refractivity contribution < 1.29 is 4.79 Å². The van der Waals surface area contributed by atoms with Crippen LogP contribution in [-0.2, 0) is 11.3 Å². The Balaban J connectivity index is 1.46. The van der Waals surface area contributed by atoms with Crippen LogP contribution in [0.15, 0.2) is 41.5 Å². The first-order valence-corrected chi connectivity index (χ1v) is 10.9. The Morgan fingerprint density at radius 3 is 2.63 bits per heavy atom. The largest absolute Gasteiger partial charge is 0.352 e. The Kier molecular flexibility index (Phi) is 4.91. The summed E-state index contributed by atoms with van der Waals surface area (Å²) in [6.07, 6.45) is 6.24. The quantitative estimate of drug-likeness (QED) is 0.542. The second-order valence-electron chi connectivity index (χ2n) is 7.34. The predicted molar refractivity (Wildman–Crippen MR) is 116 cm³/mol. The van der Waals surface area contributed by atoms with Gasteiger partial charge >= 0.3 is 5.69 Å². The van der Waals surface area contributed by atoms with E-state index < -0.39 is 5.69 Å². The van der Waals surface area contributed by atoms with Gasteiger partial charge in [-0.1, -0.05) is 42.4 Å². The highest BCUT2D eigenvalue weighted by Crippen LogP contribution is 2.31. The van der Waals surface area contributed by atoms with E-state index in [1.807, 2.05) is 18.2 Å². The fourth-order valence-corrected chi connectivity index (χ4v) is 4.73. The molecule has 1 saturated heterocycles. The predicted octanol–water partition coefficient (Wildman–Crippen LogP) is 2.52. The zero-order valence-electron chi connectivity index (χ0n) is 16.3. The molecule has 1 aromatic carbocycles. The summed E-state index contributed by atoms with van der Waals surface area (Å²) < 4.78 is 3.30. The van der Waals surface area contributed by atoms with Crippen molar-refractivity contribution in [3.05, 3.63) is 47.1 Å². The molecule has 1 aliphatic rings. The van der Waals surface area contributed by atoms with Crippen LogP contribution < -0.4 is 15.9 Å². The van der Waals surface area contributed by atoms with Gasteiger partial charge in [-0.15, -0.1) is 5.10 Å². The van der Waals surface area contributed by atoms with Crippen molar-refractivity contribution in [1.82, 2.24) is 24.1 Å². The number of thiazole rings is 1. The molecule has 1 aliphatic heterocycles. The van der Waals surface area contributed by atoms with Gasteiger partial charge in [0.15, 0.2) is 16.4 Å². The van der Waals surface area contributed by atoms with E-state index in [0.717, 1.165) is 35.8 Å². The molecule has 0 bridgehead atoms. The molecule has 0 unspecified atom stereocenters. The highest BCUT2D eigenvalue weighted by Gasteiger charge is 2.19. The van der Waals surface area contributed by atoms with E-state index in [0.29, 0.717) is 17.0 Å². The van der Waals surface area contributed by atoms with Crippen LogP contribution >= 0.6 is 11.3 Å². The number of benzene rings is 1. The van der Waals surface area contributed by atoms with Crippen molar-refractivity contribution in [2.24, 2.45) is 0 Å². The van der Waals surface area contributed by atoms with E-state index in [9.17, 15) is 9.59 Å². The number of carbonyl (C=O) groups excluding carboxylic acids is 1. The monoisotopic (exact) mass is 423 g/mol. The van der Waals surface area contributed by atoms with Gasteiger partial charge in [0.05, 0.1) is 0 Å². The molecule has 154 valence electrons. The molecule has 0 aliphatic carbocycles. The van der Waals surface area contributed by atoms with Crippen LogP contribution in [0.4, 0.5) is 10.8 Å². The van der Waals surface area contributed by atoms with Gasteiger partial charge in [-0.2, -0.15) is 4.98 Å². The summed E-state index contributed by atoms with van der Waals surface area (Å²) in [5, 5.41) is 8.10. The maximum atomic E-state index is 12.7. The molecule has 1 N–H and O–H groups in total. The summed E-state index contributed by atoms with van der Waals surface area (Å²) in [6, 6.07) is 9.12. The number of hydrogen-bond acceptors (Lipinski definition) is 7. The van der Waals surface area contributed by atoms with Crippen LogP contribution in [0.1, 0.15) is 25.7 Å². The maximum Gasteiger partial charge on any atom is 0.352 e. The van der Waals surface area contributed by atoms with Gasteiger partial charge in [0.25, 0.3) is 0 Å². The minimum absolute atomic E-state index is 0.172. The van der Waals surface area contributed by atoms with Gasteiger partial charge in [0, 0.05) is 18.8 Å². The number of anilines is 2. The smallest absolute Gasteiger partial charge is 0.348 e. The third-order valence-corrected chi connectivity index (χ3v) is 6.30. The first kappa shape index (κ1) is 18.7. The molecule has 4 aromatic rings. The second kappa shape index (κ2) is 7.86. The molecule has 0 saturated carbocycles. The van der Waals surface area contributed by atoms with Gasteiger partial charge in [0.1, 0.15) is 17.6 Å². The molecule has 5 rings (SSSR count). The Bertz CT molecular complexity index is 1250. The molecule has 0 radical (unpaired) electrons. The number of fused-ring (bicyclic) bond motifs is 3. The third kappa shape index (κ3) is 3.54. The molecule has 0 atom stereocenters. The van der Waals surface area contributed by atoms with Crippen LogP contribution in [0, 0.1) is 0 Å². The highest BCUT2D eigenvalue weighted by atomic mass is 32.1. The molecule has 1 fully saturated rings. The third-order valence-electron chi connectivity index (χ3n) is 5.19. The zero-order valence-corrected chi connectivity index (χ0v) is 17.1. The molecule has 0 spiro atoms. The van der Waals surface area contributed by atoms with E-state index in [-0.39, 0.29) is 12.5 Å². The summed E-state index contributed by atoms with van der Waals surface area (Å²) in [5.41, 5.74) is 1.34. The number of carbonyl (C=O) groups is 1. The minimum atomic E-state index is -0.396. The average Bonchev–Trinajstić information content (AvgIpc) is 3.19. The number of para-hydroxylation sites is 1. The Morgan fingerprint density at radius 1 is 1.10 bits per heavy atom. The van der Waals surface area contributed by atoms with Crippen LogP contribution in [0.2, 0.25) is 0 Å². The van der Waals surface area contributed by atoms with Crippen molar-refractivity contribution >= 4 is 44.1 Å². The van der Waals surface area contributed by atoms with Gasteiger partial charge < -0.3 is 10.2 Å². The summed E-state index contributed by atoms with van der Waals surface area (Å²) in [5.74, 6) is -0.314. The number of nitrogens with zero attached hydrogens (tertiary/aromatic N) is 6. The normalized spacial score (nSPS) is 14.9. The van der Waals surface area contributed by atoms with E-state index >= 15 is 0 Å². The topological polar surface area (TPSA) is 97.4 Å². The average molecular weight is 424 g/mol. The minimum Gasteiger partial charge on any atom is -0.348 e. The lowest BCUT2D eigenvalue weighted by atomic mass is 10.2. The lowest BCUT2D eigenvalue weighted by molar-refractivity contribution is -0.117. The van der Waals surface area contributed by atoms with E-state index in [1.165, 1.54) is 39.6 Å². The summed E-state index contributed by atoms with van der Waals surface area (Å²) >= 11 is 1.50. The molecule has 4 heterocycles. The Morgan fingerprint density at radius 2 is 1.87 bits per heavy atom. The first-order chi connectivity index (χ1) is 14.7. The lowest BCUT2D eigenvalue weighted by Crippen LogP contribution is -2.28. The van der Waals surface area contributed by atoms with E-state index in [2.05, 4.69) is 25.3 Å². The second-order valence-corrected chi connectivity index (χ2v) is 8.32. The van der Waals surface area contributed by atoms with Crippen molar-refractivity contribution in [3.8, 4) is 0 Å². The number of rotatable bonds is 4. The summed E-state index contributed by atoms with van der Waals surface area (Å²) in [4.78, 5) is 36.4. The van der Waals surface area contributed by atoms with Gasteiger partial charge in [0.2, 0.25) is 5.91 Å². The zero-order chi connectivity index (χ0) is 20.5. The van der Waals surface area contributed by atoms with Gasteiger partial charge in [-0.05, 0) is 25.0 Å². The van der Waals surface area contributed by atoms with Gasteiger partial charge in [-0.25, -0.2) is 18.9 Å². The molecule has 1 amide bonds. The van der Waals surface area contributed by atoms with Crippen molar-refractivity contribution in [2.75, 3.05) is 23.3 Å². The van der Waals surface area contributed by atoms with E-state index in [4.69, 9.17) is 0 Å².